The SMILES string of the molecule is CC(c1ccc(C(F)(F)F)c(F)c1)n1nc(CO)c(C(N)=O)c1N. The Morgan fingerprint density at radius 1 is 1.42 bits per heavy atom. The summed E-state index contributed by atoms with van der Waals surface area (Å²) in [5.74, 6) is -2.51. The third-order valence-corrected chi connectivity index (χ3v) is 3.56. The van der Waals surface area contributed by atoms with Crippen LogP contribution in [0.4, 0.5) is 23.4 Å². The molecule has 0 aliphatic carbocycles. The molecule has 1 amide bonds. The lowest BCUT2D eigenvalue weighted by atomic mass is 10.1. The number of carbonyl (C=O) groups excluding carboxylic acids is 1. The van der Waals surface area contributed by atoms with Crippen molar-refractivity contribution >= 4 is 11.7 Å². The number of hydrogen-bond donors (Lipinski definition) is 3. The van der Waals surface area contributed by atoms with E-state index in [1.165, 1.54) is 6.92 Å². The first-order valence-electron chi connectivity index (χ1n) is 6.72. The molecule has 2 aromatic rings. The first kappa shape index (κ1) is 17.7. The predicted molar refractivity (Wildman–Crippen MR) is 76.3 cm³/mol. The van der Waals surface area contributed by atoms with Crippen LogP contribution in [-0.4, -0.2) is 20.8 Å². The maximum Gasteiger partial charge on any atom is 0.419 e. The summed E-state index contributed by atoms with van der Waals surface area (Å²) in [6.45, 7) is 0.890. The van der Waals surface area contributed by atoms with Crippen LogP contribution >= 0.6 is 0 Å². The molecule has 1 atom stereocenters. The molecule has 0 saturated heterocycles. The van der Waals surface area contributed by atoms with Gasteiger partial charge >= 0.3 is 6.18 Å². The third kappa shape index (κ3) is 3.04. The van der Waals surface area contributed by atoms with E-state index in [0.29, 0.717) is 6.07 Å². The third-order valence-electron chi connectivity index (χ3n) is 3.56. The summed E-state index contributed by atoms with van der Waals surface area (Å²) in [6.07, 6.45) is -4.81. The Morgan fingerprint density at radius 3 is 2.46 bits per heavy atom. The van der Waals surface area contributed by atoms with Gasteiger partial charge in [-0.05, 0) is 24.6 Å². The van der Waals surface area contributed by atoms with Gasteiger partial charge in [-0.2, -0.15) is 18.3 Å². The smallest absolute Gasteiger partial charge is 0.390 e. The molecule has 0 fully saturated rings. The van der Waals surface area contributed by atoms with E-state index in [9.17, 15) is 27.5 Å². The van der Waals surface area contributed by atoms with Crippen LogP contribution in [0.2, 0.25) is 0 Å². The molecule has 0 radical (unpaired) electrons. The number of aromatic nitrogens is 2. The van der Waals surface area contributed by atoms with E-state index >= 15 is 0 Å². The van der Waals surface area contributed by atoms with Gasteiger partial charge < -0.3 is 16.6 Å². The fourth-order valence-electron chi connectivity index (χ4n) is 2.33. The number of rotatable bonds is 4. The zero-order valence-electron chi connectivity index (χ0n) is 12.4. The van der Waals surface area contributed by atoms with Gasteiger partial charge in [0.25, 0.3) is 5.91 Å². The van der Waals surface area contributed by atoms with E-state index < -0.39 is 36.1 Å². The van der Waals surface area contributed by atoms with Crippen molar-refractivity contribution < 1.29 is 27.5 Å². The van der Waals surface area contributed by atoms with Gasteiger partial charge in [0.05, 0.1) is 18.2 Å². The molecule has 1 aromatic heterocycles. The van der Waals surface area contributed by atoms with Crippen LogP contribution in [0.5, 0.6) is 0 Å². The van der Waals surface area contributed by atoms with Gasteiger partial charge in [0.2, 0.25) is 0 Å². The number of halogens is 4. The first-order chi connectivity index (χ1) is 11.1. The fraction of sp³-hybridized carbons (Fsp3) is 0.286. The van der Waals surface area contributed by atoms with Gasteiger partial charge in [-0.1, -0.05) is 6.07 Å². The van der Waals surface area contributed by atoms with Gasteiger partial charge in [-0.25, -0.2) is 9.07 Å². The van der Waals surface area contributed by atoms with Gasteiger partial charge in [-0.15, -0.1) is 0 Å². The van der Waals surface area contributed by atoms with Crippen LogP contribution in [0.15, 0.2) is 18.2 Å². The summed E-state index contributed by atoms with van der Waals surface area (Å²) in [4.78, 5) is 11.4. The van der Waals surface area contributed by atoms with Crippen molar-refractivity contribution in [3.05, 3.63) is 46.4 Å². The molecule has 1 heterocycles. The highest BCUT2D eigenvalue weighted by molar-refractivity contribution is 5.98. The molecule has 1 aromatic carbocycles. The van der Waals surface area contributed by atoms with Crippen LogP contribution in [0.3, 0.4) is 0 Å². The zero-order valence-corrected chi connectivity index (χ0v) is 12.4. The van der Waals surface area contributed by atoms with Crippen LogP contribution in [0.25, 0.3) is 0 Å². The van der Waals surface area contributed by atoms with Crippen molar-refractivity contribution in [2.45, 2.75) is 25.7 Å². The molecule has 2 rings (SSSR count). The minimum absolute atomic E-state index is 0.0702. The lowest BCUT2D eigenvalue weighted by Gasteiger charge is -2.16. The number of alkyl halides is 3. The highest BCUT2D eigenvalue weighted by atomic mass is 19.4. The number of benzene rings is 1. The Bertz CT molecular complexity index is 786. The molecule has 1 unspecified atom stereocenters. The van der Waals surface area contributed by atoms with Gasteiger partial charge in [-0.3, -0.25) is 4.79 Å². The molecule has 10 heteroatoms. The average molecular weight is 346 g/mol. The summed E-state index contributed by atoms with van der Waals surface area (Å²) in [7, 11) is 0. The van der Waals surface area contributed by atoms with Crippen LogP contribution in [0.1, 0.15) is 40.1 Å². The van der Waals surface area contributed by atoms with E-state index in [1.54, 1.807) is 0 Å². The van der Waals surface area contributed by atoms with E-state index in [1.807, 2.05) is 0 Å². The Hall–Kier alpha value is -2.62. The zero-order chi connectivity index (χ0) is 18.2. The number of carbonyl (C=O) groups is 1. The number of amides is 1. The number of nitrogens with two attached hydrogens (primary N) is 2. The molecule has 24 heavy (non-hydrogen) atoms. The molecule has 0 saturated carbocycles. The monoisotopic (exact) mass is 346 g/mol. The second-order valence-electron chi connectivity index (χ2n) is 5.09. The Kier molecular flexibility index (Phi) is 4.52. The van der Waals surface area contributed by atoms with Crippen molar-refractivity contribution in [2.75, 3.05) is 5.73 Å². The van der Waals surface area contributed by atoms with E-state index in [4.69, 9.17) is 11.5 Å². The number of aliphatic hydroxyl groups is 1. The standard InChI is InChI=1S/C14H14F4N4O2/c1-6(7-2-3-8(9(15)4-7)14(16,17)18)22-12(19)11(13(20)24)10(5-23)21-22/h2-4,6,23H,5,19H2,1H3,(H2,20,24). The van der Waals surface area contributed by atoms with Gasteiger partial charge in [0.15, 0.2) is 0 Å². The number of aliphatic hydroxyl groups excluding tert-OH is 1. The molecular weight excluding hydrogens is 332 g/mol. The summed E-state index contributed by atoms with van der Waals surface area (Å²) in [5.41, 5.74) is 9.44. The largest absolute Gasteiger partial charge is 0.419 e. The number of nitrogens with zero attached hydrogens (tertiary/aromatic N) is 2. The lowest BCUT2D eigenvalue weighted by Crippen LogP contribution is -2.17. The number of nitrogen functional groups attached to an aromatic ring is 1. The van der Waals surface area contributed by atoms with Crippen LogP contribution in [-0.2, 0) is 12.8 Å². The highest BCUT2D eigenvalue weighted by Gasteiger charge is 2.34. The molecule has 0 aliphatic rings. The van der Waals surface area contributed by atoms with Gasteiger partial charge in [0, 0.05) is 0 Å². The minimum Gasteiger partial charge on any atom is -0.390 e. The molecule has 130 valence electrons. The van der Waals surface area contributed by atoms with E-state index in [0.717, 1.165) is 16.8 Å². The second kappa shape index (κ2) is 6.11. The van der Waals surface area contributed by atoms with Crippen molar-refractivity contribution in [3.63, 3.8) is 0 Å². The molecule has 5 N–H and O–H groups in total. The van der Waals surface area contributed by atoms with Crippen molar-refractivity contribution in [1.82, 2.24) is 9.78 Å². The molecule has 0 bridgehead atoms. The van der Waals surface area contributed by atoms with Crippen molar-refractivity contribution in [2.24, 2.45) is 5.73 Å². The number of primary amides is 1. The average Bonchev–Trinajstić information content (AvgIpc) is 2.81. The van der Waals surface area contributed by atoms with Gasteiger partial charge in [0.1, 0.15) is 22.9 Å². The molecule has 0 spiro atoms. The Balaban J connectivity index is 2.48. The molecular formula is C14H14F4N4O2. The normalized spacial score (nSPS) is 13.1. The quantitative estimate of drug-likeness (QED) is 0.734. The lowest BCUT2D eigenvalue weighted by molar-refractivity contribution is -0.140. The minimum atomic E-state index is -4.81. The topological polar surface area (TPSA) is 107 Å². The number of hydrogen-bond acceptors (Lipinski definition) is 4. The fourth-order valence-corrected chi connectivity index (χ4v) is 2.33. The maximum atomic E-state index is 13.7. The van der Waals surface area contributed by atoms with E-state index in [-0.39, 0.29) is 22.6 Å². The summed E-state index contributed by atoms with van der Waals surface area (Å²) >= 11 is 0. The van der Waals surface area contributed by atoms with Crippen LogP contribution < -0.4 is 11.5 Å². The second-order valence-corrected chi connectivity index (χ2v) is 5.09. The Morgan fingerprint density at radius 2 is 2.04 bits per heavy atom. The van der Waals surface area contributed by atoms with E-state index in [2.05, 4.69) is 5.10 Å². The first-order valence-corrected chi connectivity index (χ1v) is 6.72. The molecule has 0 aliphatic heterocycles. The highest BCUT2D eigenvalue weighted by Crippen LogP contribution is 2.33. The Labute approximate surface area is 133 Å². The predicted octanol–water partition coefficient (Wildman–Crippen LogP) is 1.82. The number of anilines is 1. The van der Waals surface area contributed by atoms with Crippen LogP contribution in [0, 0.1) is 5.82 Å². The summed E-state index contributed by atoms with van der Waals surface area (Å²) in [5, 5.41) is 13.1. The maximum absolute atomic E-state index is 13.7. The summed E-state index contributed by atoms with van der Waals surface area (Å²) < 4.78 is 52.6. The van der Waals surface area contributed by atoms with Crippen molar-refractivity contribution in [3.8, 4) is 0 Å². The molecule has 6 nitrogen and oxygen atoms in total. The van der Waals surface area contributed by atoms with Crippen molar-refractivity contribution in [1.29, 1.82) is 0 Å². The summed E-state index contributed by atoms with van der Waals surface area (Å²) in [6, 6.07) is 1.63.